The maximum atomic E-state index is 12.5. The van der Waals surface area contributed by atoms with Gasteiger partial charge >= 0.3 is 11.8 Å². The highest BCUT2D eigenvalue weighted by molar-refractivity contribution is 6.40. The molecule has 0 spiro atoms. The Balaban J connectivity index is 1.36. The predicted octanol–water partition coefficient (Wildman–Crippen LogP) is 4.12. The van der Waals surface area contributed by atoms with E-state index < -0.39 is 11.8 Å². The van der Waals surface area contributed by atoms with E-state index >= 15 is 0 Å². The van der Waals surface area contributed by atoms with Crippen molar-refractivity contribution in [3.05, 3.63) is 60.7 Å². The monoisotopic (exact) mass is 501 g/mol. The summed E-state index contributed by atoms with van der Waals surface area (Å²) in [6.07, 6.45) is -0.0616. The van der Waals surface area contributed by atoms with E-state index in [9.17, 15) is 14.4 Å². The van der Waals surface area contributed by atoms with Crippen LogP contribution < -0.4 is 25.7 Å². The number of hydrogen-bond acceptors (Lipinski definition) is 7. The number of anilines is 3. The van der Waals surface area contributed by atoms with Crippen molar-refractivity contribution >= 4 is 62.4 Å². The first-order valence-corrected chi connectivity index (χ1v) is 11.5. The summed E-state index contributed by atoms with van der Waals surface area (Å²) in [4.78, 5) is 39.0. The van der Waals surface area contributed by atoms with Crippen LogP contribution in [-0.2, 0) is 14.4 Å². The van der Waals surface area contributed by atoms with E-state index in [4.69, 9.17) is 9.15 Å². The van der Waals surface area contributed by atoms with Gasteiger partial charge in [0.2, 0.25) is 5.91 Å². The Morgan fingerprint density at radius 2 is 1.65 bits per heavy atom. The smallest absolute Gasteiger partial charge is 0.329 e. The minimum atomic E-state index is -0.995. The topological polar surface area (TPSA) is 125 Å². The Kier molecular flexibility index (Phi) is 7.38. The number of hydrogen-bond donors (Lipinski definition) is 3. The zero-order valence-corrected chi connectivity index (χ0v) is 20.9. The molecule has 4 aromatic rings. The Bertz CT molecular complexity index is 1510. The van der Waals surface area contributed by atoms with E-state index in [-0.39, 0.29) is 18.0 Å². The van der Waals surface area contributed by atoms with Gasteiger partial charge in [0, 0.05) is 48.0 Å². The summed E-state index contributed by atoms with van der Waals surface area (Å²) < 4.78 is 11.2. The number of rotatable bonds is 7. The molecule has 1 heterocycles. The molecule has 37 heavy (non-hydrogen) atoms. The Labute approximate surface area is 213 Å². The molecule has 0 aliphatic heterocycles. The minimum absolute atomic E-state index is 0.0616. The first kappa shape index (κ1) is 25.2. The highest BCUT2D eigenvalue weighted by Gasteiger charge is 2.18. The number of nitrogens with zero attached hydrogens (tertiary/aromatic N) is 2. The van der Waals surface area contributed by atoms with Gasteiger partial charge in [-0.3, -0.25) is 14.4 Å². The van der Waals surface area contributed by atoms with E-state index in [0.717, 1.165) is 16.5 Å². The molecule has 10 heteroatoms. The second kappa shape index (κ2) is 10.8. The number of benzene rings is 3. The van der Waals surface area contributed by atoms with E-state index in [0.29, 0.717) is 28.3 Å². The third kappa shape index (κ3) is 5.87. The number of fused-ring (bicyclic) bond motifs is 3. The summed E-state index contributed by atoms with van der Waals surface area (Å²) in [7, 11) is 5.32. The molecule has 3 aromatic carbocycles. The molecule has 3 amide bonds. The van der Waals surface area contributed by atoms with Gasteiger partial charge in [0.05, 0.1) is 19.2 Å². The number of methoxy groups -OCH3 is 1. The molecule has 190 valence electrons. The van der Waals surface area contributed by atoms with Gasteiger partial charge in [-0.25, -0.2) is 5.43 Å². The molecule has 0 unspecified atom stereocenters. The summed E-state index contributed by atoms with van der Waals surface area (Å²) in [5.41, 5.74) is 5.65. The van der Waals surface area contributed by atoms with Crippen molar-refractivity contribution in [3.8, 4) is 5.75 Å². The maximum absolute atomic E-state index is 12.5. The third-order valence-electron chi connectivity index (χ3n) is 5.59. The zero-order valence-electron chi connectivity index (χ0n) is 20.9. The maximum Gasteiger partial charge on any atom is 0.329 e. The number of hydrazone groups is 1. The van der Waals surface area contributed by atoms with E-state index in [1.165, 1.54) is 7.11 Å². The van der Waals surface area contributed by atoms with Crippen LogP contribution in [0.3, 0.4) is 0 Å². The lowest BCUT2D eigenvalue weighted by Crippen LogP contribution is -2.33. The van der Waals surface area contributed by atoms with Crippen molar-refractivity contribution in [3.63, 3.8) is 0 Å². The van der Waals surface area contributed by atoms with E-state index in [1.54, 1.807) is 31.2 Å². The summed E-state index contributed by atoms with van der Waals surface area (Å²) >= 11 is 0. The van der Waals surface area contributed by atoms with Gasteiger partial charge in [0.1, 0.15) is 16.9 Å². The van der Waals surface area contributed by atoms with Crippen LogP contribution in [0.4, 0.5) is 17.1 Å². The lowest BCUT2D eigenvalue weighted by molar-refractivity contribution is -0.136. The molecule has 0 fully saturated rings. The summed E-state index contributed by atoms with van der Waals surface area (Å²) in [6.45, 7) is 1.57. The largest absolute Gasteiger partial charge is 0.495 e. The fourth-order valence-corrected chi connectivity index (χ4v) is 3.71. The van der Waals surface area contributed by atoms with Crippen LogP contribution in [0.25, 0.3) is 21.9 Å². The molecule has 0 saturated heterocycles. The molecule has 1 aromatic heterocycles. The predicted molar refractivity (Wildman–Crippen MR) is 144 cm³/mol. The van der Waals surface area contributed by atoms with Crippen molar-refractivity contribution in [1.29, 1.82) is 0 Å². The highest BCUT2D eigenvalue weighted by Crippen LogP contribution is 2.36. The van der Waals surface area contributed by atoms with E-state index in [1.807, 2.05) is 55.4 Å². The SMILES string of the molecule is COc1cc2c(cc1NC(=O)C(=O)N/N=C(/C)CC(=O)Nc1ccc(N(C)C)cc1)oc1ccccc12. The molecule has 0 saturated carbocycles. The Morgan fingerprint density at radius 3 is 2.35 bits per heavy atom. The molecule has 0 atom stereocenters. The van der Waals surface area contributed by atoms with Crippen molar-refractivity contribution in [2.75, 3.05) is 36.7 Å². The minimum Gasteiger partial charge on any atom is -0.495 e. The lowest BCUT2D eigenvalue weighted by Gasteiger charge is -2.13. The quantitative estimate of drug-likeness (QED) is 0.199. The molecule has 0 bridgehead atoms. The van der Waals surface area contributed by atoms with Crippen LogP contribution in [-0.4, -0.2) is 44.6 Å². The van der Waals surface area contributed by atoms with Gasteiger partial charge in [-0.15, -0.1) is 0 Å². The van der Waals surface area contributed by atoms with Crippen molar-refractivity contribution in [2.45, 2.75) is 13.3 Å². The lowest BCUT2D eigenvalue weighted by atomic mass is 10.1. The first-order chi connectivity index (χ1) is 17.7. The standard InChI is InChI=1S/C27H27N5O5/c1-16(13-25(33)28-17-9-11-18(12-10-17)32(2)3)30-31-27(35)26(34)29-21-15-23-20(14-24(21)36-4)19-7-5-6-8-22(19)37-23/h5-12,14-15H,13H2,1-4H3,(H,28,33)(H,29,34)(H,31,35)/b30-16-. The van der Waals surface area contributed by atoms with Crippen LogP contribution >= 0.6 is 0 Å². The Morgan fingerprint density at radius 1 is 0.919 bits per heavy atom. The molecule has 0 aliphatic rings. The molecule has 0 aliphatic carbocycles. The zero-order chi connectivity index (χ0) is 26.5. The molecule has 3 N–H and O–H groups in total. The summed E-state index contributed by atoms with van der Waals surface area (Å²) in [5, 5.41) is 10.9. The Hall–Kier alpha value is -4.86. The second-order valence-electron chi connectivity index (χ2n) is 8.56. The number of ether oxygens (including phenoxy) is 1. The average Bonchev–Trinajstić information content (AvgIpc) is 3.24. The number of nitrogens with one attached hydrogen (secondary N) is 3. The highest BCUT2D eigenvalue weighted by atomic mass is 16.5. The van der Waals surface area contributed by atoms with Gasteiger partial charge in [-0.1, -0.05) is 18.2 Å². The first-order valence-electron chi connectivity index (χ1n) is 11.5. The van der Waals surface area contributed by atoms with Gasteiger partial charge in [-0.05, 0) is 43.3 Å². The van der Waals surface area contributed by atoms with Gasteiger partial charge in [-0.2, -0.15) is 5.10 Å². The normalized spacial score (nSPS) is 11.3. The fraction of sp³-hybridized carbons (Fsp3) is 0.185. The summed E-state index contributed by atoms with van der Waals surface area (Å²) in [6, 6.07) is 18.2. The number of para-hydroxylation sites is 1. The molecule has 4 rings (SSSR count). The van der Waals surface area contributed by atoms with Crippen LogP contribution in [0.2, 0.25) is 0 Å². The summed E-state index contributed by atoms with van der Waals surface area (Å²) in [5.74, 6) is -1.88. The van der Waals surface area contributed by atoms with Crippen LogP contribution in [0.1, 0.15) is 13.3 Å². The number of carbonyl (C=O) groups is 3. The molecular weight excluding hydrogens is 474 g/mol. The average molecular weight is 502 g/mol. The van der Waals surface area contributed by atoms with Crippen molar-refractivity contribution < 1.29 is 23.5 Å². The van der Waals surface area contributed by atoms with E-state index in [2.05, 4.69) is 21.2 Å². The van der Waals surface area contributed by atoms with Crippen LogP contribution in [0.5, 0.6) is 5.75 Å². The van der Waals surface area contributed by atoms with Crippen molar-refractivity contribution in [2.24, 2.45) is 5.10 Å². The van der Waals surface area contributed by atoms with Gasteiger partial charge in [0.15, 0.2) is 0 Å². The third-order valence-corrected chi connectivity index (χ3v) is 5.59. The molecular formula is C27H27N5O5. The number of furan rings is 1. The second-order valence-corrected chi connectivity index (χ2v) is 8.56. The van der Waals surface area contributed by atoms with Crippen LogP contribution in [0, 0.1) is 0 Å². The van der Waals surface area contributed by atoms with Crippen molar-refractivity contribution in [1.82, 2.24) is 5.43 Å². The van der Waals surface area contributed by atoms with Crippen LogP contribution in [0.15, 0.2) is 70.2 Å². The number of carbonyl (C=O) groups excluding carboxylic acids is 3. The number of amides is 3. The fourth-order valence-electron chi connectivity index (χ4n) is 3.71. The molecule has 10 nitrogen and oxygen atoms in total. The molecule has 0 radical (unpaired) electrons. The van der Waals surface area contributed by atoms with Gasteiger partial charge in [0.25, 0.3) is 0 Å². The van der Waals surface area contributed by atoms with Gasteiger partial charge < -0.3 is 24.7 Å².